The lowest BCUT2D eigenvalue weighted by molar-refractivity contribution is 0.331. The first kappa shape index (κ1) is 27.2. The molecule has 9 nitrogen and oxygen atoms in total. The van der Waals surface area contributed by atoms with Crippen molar-refractivity contribution in [2.24, 2.45) is 0 Å². The minimum atomic E-state index is -0.309. The Morgan fingerprint density at radius 3 is 2.65 bits per heavy atom. The summed E-state index contributed by atoms with van der Waals surface area (Å²) in [5.74, 6) is -0.309. The molecule has 3 N–H and O–H groups in total. The summed E-state index contributed by atoms with van der Waals surface area (Å²) >= 11 is 0. The summed E-state index contributed by atoms with van der Waals surface area (Å²) in [6, 6.07) is 13.3. The Morgan fingerprint density at radius 1 is 0.930 bits per heavy atom. The number of fused-ring (bicyclic) bond motifs is 2. The van der Waals surface area contributed by atoms with Gasteiger partial charge in [0, 0.05) is 83.1 Å². The molecule has 0 aliphatic carbocycles. The minimum Gasteiger partial charge on any atom is -0.384 e. The number of halogens is 1. The van der Waals surface area contributed by atoms with Crippen LogP contribution < -0.4 is 5.32 Å². The Morgan fingerprint density at radius 2 is 1.79 bits per heavy atom. The van der Waals surface area contributed by atoms with Crippen molar-refractivity contribution in [2.75, 3.05) is 45.6 Å². The SMILES string of the molecule is CN(C)CCNc1cc(F)cc(-c2nccc3[nH]c(-c4[nH]nc5ncc(-c6cncc(CN7CCCC7)c6)cc45)cc23)c1. The highest BCUT2D eigenvalue weighted by molar-refractivity contribution is 6.00. The number of aromatic nitrogens is 6. The van der Waals surface area contributed by atoms with Crippen molar-refractivity contribution in [1.82, 2.24) is 39.9 Å². The summed E-state index contributed by atoms with van der Waals surface area (Å²) in [4.78, 5) is 21.9. The Hall–Kier alpha value is -4.67. The second kappa shape index (κ2) is 11.5. The van der Waals surface area contributed by atoms with Crippen molar-refractivity contribution in [3.05, 3.63) is 78.6 Å². The third kappa shape index (κ3) is 5.71. The third-order valence-corrected chi connectivity index (χ3v) is 8.02. The zero-order chi connectivity index (χ0) is 29.3. The number of hydrogen-bond donors (Lipinski definition) is 3. The summed E-state index contributed by atoms with van der Waals surface area (Å²) in [6.07, 6.45) is 9.97. The van der Waals surface area contributed by atoms with Gasteiger partial charge in [-0.05, 0) is 88.1 Å². The number of rotatable bonds is 9. The summed E-state index contributed by atoms with van der Waals surface area (Å²) in [5, 5.41) is 12.8. The third-order valence-electron chi connectivity index (χ3n) is 8.02. The van der Waals surface area contributed by atoms with Crippen molar-refractivity contribution in [3.63, 3.8) is 0 Å². The van der Waals surface area contributed by atoms with E-state index in [4.69, 9.17) is 0 Å². The first-order valence-corrected chi connectivity index (χ1v) is 14.7. The molecule has 1 aromatic carbocycles. The molecular weight excluding hydrogens is 541 g/mol. The number of hydrogen-bond acceptors (Lipinski definition) is 7. The second-order valence-corrected chi connectivity index (χ2v) is 11.5. The lowest BCUT2D eigenvalue weighted by Crippen LogP contribution is -2.20. The molecule has 0 atom stereocenters. The highest BCUT2D eigenvalue weighted by Gasteiger charge is 2.17. The van der Waals surface area contributed by atoms with Gasteiger partial charge in [-0.1, -0.05) is 0 Å². The molecule has 218 valence electrons. The summed E-state index contributed by atoms with van der Waals surface area (Å²) in [6.45, 7) is 4.76. The molecule has 0 bridgehead atoms. The molecule has 10 heteroatoms. The Labute approximate surface area is 249 Å². The number of pyridine rings is 3. The molecule has 0 radical (unpaired) electrons. The van der Waals surface area contributed by atoms with Crippen molar-refractivity contribution >= 4 is 27.6 Å². The lowest BCUT2D eigenvalue weighted by atomic mass is 10.0. The molecule has 1 aliphatic heterocycles. The van der Waals surface area contributed by atoms with Gasteiger partial charge in [0.25, 0.3) is 0 Å². The topological polar surface area (TPSA) is 102 Å². The number of likely N-dealkylation sites (N-methyl/N-ethyl adjacent to an activating group) is 1. The molecule has 0 saturated carbocycles. The largest absolute Gasteiger partial charge is 0.384 e. The zero-order valence-electron chi connectivity index (χ0n) is 24.4. The summed E-state index contributed by atoms with van der Waals surface area (Å²) in [7, 11) is 4.02. The van der Waals surface area contributed by atoms with E-state index in [2.05, 4.69) is 57.4 Å². The van der Waals surface area contributed by atoms with E-state index in [0.717, 1.165) is 70.7 Å². The van der Waals surface area contributed by atoms with Gasteiger partial charge in [-0.15, -0.1) is 0 Å². The summed E-state index contributed by atoms with van der Waals surface area (Å²) < 4.78 is 14.7. The smallest absolute Gasteiger partial charge is 0.181 e. The normalized spacial score (nSPS) is 14.0. The van der Waals surface area contributed by atoms with Gasteiger partial charge >= 0.3 is 0 Å². The van der Waals surface area contributed by atoms with Crippen LogP contribution >= 0.6 is 0 Å². The molecule has 5 aromatic heterocycles. The molecule has 6 heterocycles. The fourth-order valence-electron chi connectivity index (χ4n) is 5.86. The molecule has 6 aromatic rings. The molecule has 7 rings (SSSR count). The van der Waals surface area contributed by atoms with Crippen LogP contribution in [0, 0.1) is 5.82 Å². The van der Waals surface area contributed by atoms with Gasteiger partial charge in [0.15, 0.2) is 5.65 Å². The molecule has 1 fully saturated rings. The van der Waals surface area contributed by atoms with E-state index in [-0.39, 0.29) is 5.82 Å². The maximum absolute atomic E-state index is 14.7. The second-order valence-electron chi connectivity index (χ2n) is 11.5. The molecule has 0 spiro atoms. The molecule has 0 amide bonds. The molecular formula is C33H34FN9. The highest BCUT2D eigenvalue weighted by atomic mass is 19.1. The van der Waals surface area contributed by atoms with Crippen molar-refractivity contribution < 1.29 is 4.39 Å². The van der Waals surface area contributed by atoms with E-state index >= 15 is 0 Å². The van der Waals surface area contributed by atoms with E-state index in [1.165, 1.54) is 30.5 Å². The predicted octanol–water partition coefficient (Wildman–Crippen LogP) is 5.94. The average molecular weight is 576 g/mol. The van der Waals surface area contributed by atoms with Crippen LogP contribution in [0.15, 0.2) is 67.3 Å². The van der Waals surface area contributed by atoms with Crippen molar-refractivity contribution in [3.8, 4) is 33.8 Å². The first-order chi connectivity index (χ1) is 21.0. The minimum absolute atomic E-state index is 0.309. The van der Waals surface area contributed by atoms with Gasteiger partial charge < -0.3 is 15.2 Å². The summed E-state index contributed by atoms with van der Waals surface area (Å²) in [5.41, 5.74) is 8.58. The zero-order valence-corrected chi connectivity index (χ0v) is 24.4. The van der Waals surface area contributed by atoms with Gasteiger partial charge in [-0.3, -0.25) is 20.0 Å². The van der Waals surface area contributed by atoms with Crippen LogP contribution in [0.3, 0.4) is 0 Å². The fourth-order valence-corrected chi connectivity index (χ4v) is 5.86. The van der Waals surface area contributed by atoms with Gasteiger partial charge in [0.2, 0.25) is 0 Å². The fraction of sp³-hybridized carbons (Fsp3) is 0.273. The van der Waals surface area contributed by atoms with Crippen LogP contribution in [0.5, 0.6) is 0 Å². The highest BCUT2D eigenvalue weighted by Crippen LogP contribution is 2.35. The van der Waals surface area contributed by atoms with E-state index in [0.29, 0.717) is 23.4 Å². The Balaban J connectivity index is 1.22. The lowest BCUT2D eigenvalue weighted by Gasteiger charge is -2.14. The van der Waals surface area contributed by atoms with Gasteiger partial charge in [0.1, 0.15) is 5.82 Å². The predicted molar refractivity (Wildman–Crippen MR) is 169 cm³/mol. The van der Waals surface area contributed by atoms with Crippen LogP contribution in [0.2, 0.25) is 0 Å². The van der Waals surface area contributed by atoms with Gasteiger partial charge in [-0.25, -0.2) is 9.37 Å². The van der Waals surface area contributed by atoms with E-state index in [1.807, 2.05) is 50.9 Å². The van der Waals surface area contributed by atoms with Gasteiger partial charge in [0.05, 0.1) is 17.1 Å². The number of nitrogens with zero attached hydrogens (tertiary/aromatic N) is 6. The van der Waals surface area contributed by atoms with Crippen LogP contribution in [0.4, 0.5) is 10.1 Å². The number of H-pyrrole nitrogens is 2. The number of benzene rings is 1. The standard InChI is InChI=1S/C33H34FN9/c1-42(2)10-7-36-26-13-22(12-25(34)15-26)31-27-16-30(39-29(27)5-6-37-31)32-28-14-24(19-38-33(28)41-40-32)23-11-21(17-35-18-23)20-43-8-3-4-9-43/h5-6,11-19,36,39H,3-4,7-10,20H2,1-2H3,(H,38,40,41). The van der Waals surface area contributed by atoms with Crippen LogP contribution in [0.25, 0.3) is 55.7 Å². The number of likely N-dealkylation sites (tertiary alicyclic amines) is 1. The van der Waals surface area contributed by atoms with E-state index < -0.39 is 0 Å². The Bertz CT molecular complexity index is 1900. The Kier molecular flexibility index (Phi) is 7.30. The van der Waals surface area contributed by atoms with Crippen LogP contribution in [0.1, 0.15) is 18.4 Å². The van der Waals surface area contributed by atoms with Crippen LogP contribution in [-0.4, -0.2) is 80.2 Å². The van der Waals surface area contributed by atoms with Crippen LogP contribution in [-0.2, 0) is 6.54 Å². The first-order valence-electron chi connectivity index (χ1n) is 14.7. The van der Waals surface area contributed by atoms with Crippen molar-refractivity contribution in [2.45, 2.75) is 19.4 Å². The quantitative estimate of drug-likeness (QED) is 0.196. The molecule has 43 heavy (non-hydrogen) atoms. The maximum Gasteiger partial charge on any atom is 0.181 e. The number of aromatic amines is 2. The molecule has 1 aliphatic rings. The number of nitrogens with one attached hydrogen (secondary N) is 3. The monoisotopic (exact) mass is 575 g/mol. The van der Waals surface area contributed by atoms with E-state index in [9.17, 15) is 4.39 Å². The van der Waals surface area contributed by atoms with Gasteiger partial charge in [-0.2, -0.15) is 5.10 Å². The maximum atomic E-state index is 14.7. The average Bonchev–Trinajstić information content (AvgIpc) is 3.76. The molecule has 0 unspecified atom stereocenters. The van der Waals surface area contributed by atoms with Crippen molar-refractivity contribution in [1.29, 1.82) is 0 Å². The molecule has 1 saturated heterocycles. The van der Waals surface area contributed by atoms with E-state index in [1.54, 1.807) is 6.20 Å². The number of anilines is 1.